The van der Waals surface area contributed by atoms with Gasteiger partial charge < -0.3 is 5.73 Å². The molecule has 1 aromatic carbocycles. The van der Waals surface area contributed by atoms with E-state index in [1.165, 1.54) is 0 Å². The third kappa shape index (κ3) is 2.95. The number of nitriles is 1. The van der Waals surface area contributed by atoms with E-state index in [0.717, 1.165) is 36.3 Å². The molecule has 0 unspecified atom stereocenters. The van der Waals surface area contributed by atoms with Crippen LogP contribution in [0.2, 0.25) is 0 Å². The van der Waals surface area contributed by atoms with Crippen LogP contribution in [-0.4, -0.2) is 27.3 Å². The fourth-order valence-electron chi connectivity index (χ4n) is 2.55. The molecule has 0 saturated carbocycles. The van der Waals surface area contributed by atoms with Gasteiger partial charge in [-0.25, -0.2) is 9.97 Å². The van der Waals surface area contributed by atoms with Gasteiger partial charge in [0.15, 0.2) is 0 Å². The van der Waals surface area contributed by atoms with Crippen LogP contribution < -0.4 is 5.73 Å². The molecule has 110 valence electrons. The minimum atomic E-state index is -0.605. The van der Waals surface area contributed by atoms with Crippen LogP contribution in [0.5, 0.6) is 0 Å². The maximum atomic E-state index is 11.2. The van der Waals surface area contributed by atoms with Crippen LogP contribution in [0.15, 0.2) is 30.5 Å². The predicted octanol–water partition coefficient (Wildman–Crippen LogP) is 1.01. The number of aromatic nitrogens is 2. The second-order valence-electron chi connectivity index (χ2n) is 5.30. The summed E-state index contributed by atoms with van der Waals surface area (Å²) < 4.78 is 0. The predicted molar refractivity (Wildman–Crippen MR) is 79.5 cm³/mol. The number of fused-ring (bicyclic) bond motifs is 1. The molecule has 6 heteroatoms. The summed E-state index contributed by atoms with van der Waals surface area (Å²) in [6.45, 7) is 2.35. The highest BCUT2D eigenvalue weighted by Crippen LogP contribution is 2.18. The van der Waals surface area contributed by atoms with Crippen LogP contribution in [0.25, 0.3) is 0 Å². The molecule has 1 aliphatic rings. The van der Waals surface area contributed by atoms with Gasteiger partial charge in [0, 0.05) is 25.8 Å². The van der Waals surface area contributed by atoms with Gasteiger partial charge in [-0.2, -0.15) is 5.26 Å². The zero-order chi connectivity index (χ0) is 15.5. The highest BCUT2D eigenvalue weighted by atomic mass is 16.1. The molecule has 1 aromatic heterocycles. The Bertz CT molecular complexity index is 748. The molecule has 6 nitrogen and oxygen atoms in total. The largest absolute Gasteiger partial charge is 0.363 e. The normalized spacial score (nSPS) is 14.1. The van der Waals surface area contributed by atoms with E-state index in [9.17, 15) is 4.79 Å². The molecule has 0 fully saturated rings. The number of rotatable bonds is 3. The molecule has 0 bridgehead atoms. The Morgan fingerprint density at radius 3 is 2.82 bits per heavy atom. The van der Waals surface area contributed by atoms with E-state index in [1.54, 1.807) is 6.20 Å². The number of hydrogen-bond acceptors (Lipinski definition) is 5. The van der Waals surface area contributed by atoms with Crippen LogP contribution in [0.1, 0.15) is 33.0 Å². The molecule has 1 amide bonds. The van der Waals surface area contributed by atoms with E-state index in [2.05, 4.69) is 20.9 Å². The van der Waals surface area contributed by atoms with Crippen LogP contribution in [-0.2, 0) is 19.5 Å². The molecule has 1 aliphatic heterocycles. The van der Waals surface area contributed by atoms with Gasteiger partial charge in [-0.1, -0.05) is 12.1 Å². The van der Waals surface area contributed by atoms with Gasteiger partial charge >= 0.3 is 0 Å². The van der Waals surface area contributed by atoms with Gasteiger partial charge in [0.05, 0.1) is 17.3 Å². The monoisotopic (exact) mass is 293 g/mol. The summed E-state index contributed by atoms with van der Waals surface area (Å²) in [7, 11) is 0. The van der Waals surface area contributed by atoms with Crippen LogP contribution in [0.3, 0.4) is 0 Å². The molecular weight excluding hydrogens is 278 g/mol. The second-order valence-corrected chi connectivity index (χ2v) is 5.30. The summed E-state index contributed by atoms with van der Waals surface area (Å²) in [4.78, 5) is 21.7. The maximum absolute atomic E-state index is 11.2. The van der Waals surface area contributed by atoms with Gasteiger partial charge in [0.25, 0.3) is 5.91 Å². The van der Waals surface area contributed by atoms with E-state index in [4.69, 9.17) is 11.0 Å². The van der Waals surface area contributed by atoms with Crippen LogP contribution in [0.4, 0.5) is 0 Å². The smallest absolute Gasteiger partial charge is 0.286 e. The lowest BCUT2D eigenvalue weighted by Crippen LogP contribution is -2.32. The SMILES string of the molecule is N#Cc1ccc(CN2CCc3cnc(C(N)=O)nc3C2)cc1. The molecule has 0 radical (unpaired) electrons. The molecular formula is C16H15N5O. The van der Waals surface area contributed by atoms with Crippen molar-refractivity contribution in [1.82, 2.24) is 14.9 Å². The van der Waals surface area contributed by atoms with E-state index in [1.807, 2.05) is 24.3 Å². The highest BCUT2D eigenvalue weighted by molar-refractivity contribution is 5.88. The zero-order valence-electron chi connectivity index (χ0n) is 12.0. The van der Waals surface area contributed by atoms with Crippen molar-refractivity contribution in [3.05, 3.63) is 58.7 Å². The molecule has 0 atom stereocenters. The summed E-state index contributed by atoms with van der Waals surface area (Å²) in [6.07, 6.45) is 2.55. The number of nitrogens with two attached hydrogens (primary N) is 1. The lowest BCUT2D eigenvalue weighted by Gasteiger charge is -2.27. The van der Waals surface area contributed by atoms with Crippen molar-refractivity contribution in [3.8, 4) is 6.07 Å². The first-order chi connectivity index (χ1) is 10.7. The molecule has 0 saturated heterocycles. The first-order valence-corrected chi connectivity index (χ1v) is 7.01. The highest BCUT2D eigenvalue weighted by Gasteiger charge is 2.19. The number of hydrogen-bond donors (Lipinski definition) is 1. The first-order valence-electron chi connectivity index (χ1n) is 7.01. The van der Waals surface area contributed by atoms with Gasteiger partial charge in [-0.05, 0) is 29.7 Å². The Morgan fingerprint density at radius 1 is 1.36 bits per heavy atom. The van der Waals surface area contributed by atoms with Crippen molar-refractivity contribution in [3.63, 3.8) is 0 Å². The summed E-state index contributed by atoms with van der Waals surface area (Å²) >= 11 is 0. The van der Waals surface area contributed by atoms with Crippen molar-refractivity contribution in [2.24, 2.45) is 5.73 Å². The average Bonchev–Trinajstić information content (AvgIpc) is 2.55. The molecule has 2 N–H and O–H groups in total. The van der Waals surface area contributed by atoms with Crippen molar-refractivity contribution >= 4 is 5.91 Å². The number of benzene rings is 1. The minimum Gasteiger partial charge on any atom is -0.363 e. The lowest BCUT2D eigenvalue weighted by molar-refractivity contribution is 0.0989. The van der Waals surface area contributed by atoms with Crippen molar-refractivity contribution in [2.45, 2.75) is 19.5 Å². The molecule has 3 rings (SSSR count). The topological polar surface area (TPSA) is 95.9 Å². The Kier molecular flexibility index (Phi) is 3.81. The number of amides is 1. The summed E-state index contributed by atoms with van der Waals surface area (Å²) in [5.41, 5.74) is 8.97. The van der Waals surface area contributed by atoms with Crippen molar-refractivity contribution in [2.75, 3.05) is 6.54 Å². The first kappa shape index (κ1) is 14.2. The lowest BCUT2D eigenvalue weighted by atomic mass is 10.1. The van der Waals surface area contributed by atoms with Crippen LogP contribution in [0, 0.1) is 11.3 Å². The number of carbonyl (C=O) groups is 1. The van der Waals surface area contributed by atoms with E-state index >= 15 is 0 Å². The third-order valence-corrected chi connectivity index (χ3v) is 3.73. The van der Waals surface area contributed by atoms with Gasteiger partial charge in [0.2, 0.25) is 5.82 Å². The van der Waals surface area contributed by atoms with E-state index < -0.39 is 5.91 Å². The number of nitrogens with zero attached hydrogens (tertiary/aromatic N) is 4. The van der Waals surface area contributed by atoms with Crippen molar-refractivity contribution < 1.29 is 4.79 Å². The molecule has 22 heavy (non-hydrogen) atoms. The third-order valence-electron chi connectivity index (χ3n) is 3.73. The Balaban J connectivity index is 1.74. The summed E-state index contributed by atoms with van der Waals surface area (Å²) in [5, 5.41) is 8.82. The second kappa shape index (κ2) is 5.92. The maximum Gasteiger partial charge on any atom is 0.286 e. The van der Waals surface area contributed by atoms with E-state index in [-0.39, 0.29) is 5.82 Å². The summed E-state index contributed by atoms with van der Waals surface area (Å²) in [5.74, 6) is -0.536. The quantitative estimate of drug-likeness (QED) is 0.911. The molecule has 0 spiro atoms. The van der Waals surface area contributed by atoms with Gasteiger partial charge in [-0.3, -0.25) is 9.69 Å². The van der Waals surface area contributed by atoms with Crippen LogP contribution >= 0.6 is 0 Å². The fourth-order valence-corrected chi connectivity index (χ4v) is 2.55. The molecule has 2 aromatic rings. The zero-order valence-corrected chi connectivity index (χ0v) is 12.0. The molecule has 0 aliphatic carbocycles. The minimum absolute atomic E-state index is 0.0685. The fraction of sp³-hybridized carbons (Fsp3) is 0.250. The number of primary amides is 1. The van der Waals surface area contributed by atoms with Gasteiger partial charge in [-0.15, -0.1) is 0 Å². The Labute approximate surface area is 128 Å². The van der Waals surface area contributed by atoms with Crippen molar-refractivity contribution in [1.29, 1.82) is 5.26 Å². The van der Waals surface area contributed by atoms with E-state index in [0.29, 0.717) is 12.1 Å². The van der Waals surface area contributed by atoms with Gasteiger partial charge in [0.1, 0.15) is 0 Å². The average molecular weight is 293 g/mol. The summed E-state index contributed by atoms with van der Waals surface area (Å²) in [6, 6.07) is 9.68. The Morgan fingerprint density at radius 2 is 2.14 bits per heavy atom. The molecule has 2 heterocycles. The standard InChI is InChI=1S/C16H15N5O/c17-7-11-1-3-12(4-2-11)9-21-6-5-13-8-19-16(15(18)22)20-14(13)10-21/h1-4,8H,5-6,9-10H2,(H2,18,22). The Hall–Kier alpha value is -2.78. The number of carbonyl (C=O) groups excluding carboxylic acids is 1.